The molecule has 0 bridgehead atoms. The van der Waals surface area contributed by atoms with Crippen LogP contribution in [0.3, 0.4) is 0 Å². The first-order chi connectivity index (χ1) is 6.20. The fourth-order valence-corrected chi connectivity index (χ4v) is 2.65. The molecule has 0 aromatic heterocycles. The molecule has 0 unspecified atom stereocenters. The fourth-order valence-electron chi connectivity index (χ4n) is 1.32. The zero-order valence-electron chi connectivity index (χ0n) is 6.72. The Kier molecular flexibility index (Phi) is 2.30. The smallest absolute Gasteiger partial charge is 0.0538 e. The monoisotopic (exact) mass is 299 g/mol. The molecule has 2 aromatic carbocycles. The number of hydrogen-bond donors (Lipinski definition) is 1. The first-order valence-corrected chi connectivity index (χ1v) is 5.41. The number of halogens is 2. The third kappa shape index (κ3) is 1.46. The summed E-state index contributed by atoms with van der Waals surface area (Å²) in [6.07, 6.45) is 0. The molecule has 2 N–H and O–H groups in total. The maximum Gasteiger partial charge on any atom is 0.0538 e. The molecular weight excluding hydrogens is 294 g/mol. The van der Waals surface area contributed by atoms with Crippen LogP contribution in [0.25, 0.3) is 10.8 Å². The summed E-state index contributed by atoms with van der Waals surface area (Å²) >= 11 is 6.91. The molecule has 2 rings (SSSR count). The molecule has 0 aliphatic rings. The van der Waals surface area contributed by atoms with Crippen molar-refractivity contribution >= 4 is 48.3 Å². The predicted molar refractivity (Wildman–Crippen MR) is 63.8 cm³/mol. The summed E-state index contributed by atoms with van der Waals surface area (Å²) < 4.78 is 1.99. The Labute approximate surface area is 93.2 Å². The molecule has 0 amide bonds. The van der Waals surface area contributed by atoms with E-state index in [-0.39, 0.29) is 0 Å². The summed E-state index contributed by atoms with van der Waals surface area (Å²) in [6.45, 7) is 0. The highest BCUT2D eigenvalue weighted by Gasteiger charge is 2.04. The van der Waals surface area contributed by atoms with E-state index in [1.165, 1.54) is 0 Å². The lowest BCUT2D eigenvalue weighted by molar-refractivity contribution is 1.65. The van der Waals surface area contributed by atoms with Crippen LogP contribution >= 0.6 is 31.9 Å². The molecule has 13 heavy (non-hydrogen) atoms. The largest absolute Gasteiger partial charge is 0.397 e. The van der Waals surface area contributed by atoms with Crippen molar-refractivity contribution in [1.29, 1.82) is 0 Å². The second kappa shape index (κ2) is 3.31. The van der Waals surface area contributed by atoms with Gasteiger partial charge >= 0.3 is 0 Å². The van der Waals surface area contributed by atoms with Gasteiger partial charge in [0.15, 0.2) is 0 Å². The molecule has 0 aliphatic heterocycles. The van der Waals surface area contributed by atoms with Crippen LogP contribution in [-0.2, 0) is 0 Å². The second-order valence-electron chi connectivity index (χ2n) is 2.80. The van der Waals surface area contributed by atoms with Gasteiger partial charge in [-0.1, -0.05) is 40.2 Å². The van der Waals surface area contributed by atoms with Gasteiger partial charge in [0.1, 0.15) is 0 Å². The molecule has 0 fully saturated rings. The fraction of sp³-hybridized carbons (Fsp3) is 0. The summed E-state index contributed by atoms with van der Waals surface area (Å²) in [5.41, 5.74) is 6.71. The molecule has 66 valence electrons. The Morgan fingerprint density at radius 2 is 1.54 bits per heavy atom. The minimum Gasteiger partial charge on any atom is -0.397 e. The normalized spacial score (nSPS) is 10.6. The van der Waals surface area contributed by atoms with Gasteiger partial charge in [0.05, 0.1) is 5.69 Å². The number of nitrogens with two attached hydrogens (primary N) is 1. The number of benzene rings is 2. The lowest BCUT2D eigenvalue weighted by Crippen LogP contribution is -1.89. The topological polar surface area (TPSA) is 26.0 Å². The average Bonchev–Trinajstić information content (AvgIpc) is 2.15. The molecule has 0 heterocycles. The van der Waals surface area contributed by atoms with E-state index in [4.69, 9.17) is 5.73 Å². The molecule has 0 spiro atoms. The zero-order chi connectivity index (χ0) is 9.42. The third-order valence-electron chi connectivity index (χ3n) is 1.99. The minimum atomic E-state index is 0.791. The maximum absolute atomic E-state index is 5.92. The van der Waals surface area contributed by atoms with Gasteiger partial charge in [0, 0.05) is 14.3 Å². The quantitative estimate of drug-likeness (QED) is 0.733. The Morgan fingerprint density at radius 3 is 2.23 bits per heavy atom. The van der Waals surface area contributed by atoms with Crippen LogP contribution in [0.4, 0.5) is 5.69 Å². The van der Waals surface area contributed by atoms with Crippen molar-refractivity contribution in [2.45, 2.75) is 0 Å². The standard InChI is InChI=1S/C10H7Br2N/c11-8-5-9(12)10(13)7-4-2-1-3-6(7)8/h1-5H,13H2. The summed E-state index contributed by atoms with van der Waals surface area (Å²) in [5, 5.41) is 2.21. The van der Waals surface area contributed by atoms with Gasteiger partial charge in [0.25, 0.3) is 0 Å². The van der Waals surface area contributed by atoms with Crippen molar-refractivity contribution in [3.63, 3.8) is 0 Å². The van der Waals surface area contributed by atoms with Gasteiger partial charge in [-0.2, -0.15) is 0 Å². The molecule has 3 heteroatoms. The van der Waals surface area contributed by atoms with Crippen LogP contribution in [0.1, 0.15) is 0 Å². The molecule has 0 aliphatic carbocycles. The highest BCUT2D eigenvalue weighted by Crippen LogP contribution is 2.34. The van der Waals surface area contributed by atoms with E-state index in [0.29, 0.717) is 0 Å². The lowest BCUT2D eigenvalue weighted by Gasteiger charge is -2.05. The van der Waals surface area contributed by atoms with Crippen molar-refractivity contribution in [1.82, 2.24) is 0 Å². The van der Waals surface area contributed by atoms with Crippen molar-refractivity contribution in [2.24, 2.45) is 0 Å². The summed E-state index contributed by atoms with van der Waals surface area (Å²) in [6, 6.07) is 10.0. The Hall–Kier alpha value is -0.540. The number of anilines is 1. The molecular formula is C10H7Br2N. The Balaban J connectivity index is 2.97. The second-order valence-corrected chi connectivity index (χ2v) is 4.51. The van der Waals surface area contributed by atoms with Gasteiger partial charge in [-0.05, 0) is 27.4 Å². The molecule has 0 radical (unpaired) electrons. The van der Waals surface area contributed by atoms with E-state index in [9.17, 15) is 0 Å². The third-order valence-corrected chi connectivity index (χ3v) is 3.30. The van der Waals surface area contributed by atoms with Crippen LogP contribution in [0.5, 0.6) is 0 Å². The van der Waals surface area contributed by atoms with Crippen molar-refractivity contribution in [3.8, 4) is 0 Å². The van der Waals surface area contributed by atoms with Crippen molar-refractivity contribution < 1.29 is 0 Å². The summed E-state index contributed by atoms with van der Waals surface area (Å²) in [5.74, 6) is 0. The molecule has 2 aromatic rings. The average molecular weight is 301 g/mol. The Bertz CT molecular complexity index is 466. The van der Waals surface area contributed by atoms with Crippen LogP contribution < -0.4 is 5.73 Å². The first kappa shape index (κ1) is 9.03. The lowest BCUT2D eigenvalue weighted by atomic mass is 10.1. The van der Waals surface area contributed by atoms with E-state index >= 15 is 0 Å². The van der Waals surface area contributed by atoms with Gasteiger partial charge in [-0.25, -0.2) is 0 Å². The minimum absolute atomic E-state index is 0.791. The van der Waals surface area contributed by atoms with E-state index in [2.05, 4.69) is 31.9 Å². The van der Waals surface area contributed by atoms with E-state index in [0.717, 1.165) is 25.4 Å². The first-order valence-electron chi connectivity index (χ1n) is 3.82. The van der Waals surface area contributed by atoms with Gasteiger partial charge in [-0.3, -0.25) is 0 Å². The highest BCUT2D eigenvalue weighted by molar-refractivity contribution is 9.11. The maximum atomic E-state index is 5.92. The number of hydrogen-bond acceptors (Lipinski definition) is 1. The predicted octanol–water partition coefficient (Wildman–Crippen LogP) is 3.95. The zero-order valence-corrected chi connectivity index (χ0v) is 9.89. The van der Waals surface area contributed by atoms with Gasteiger partial charge < -0.3 is 5.73 Å². The SMILES string of the molecule is Nc1c(Br)cc(Br)c2ccccc12. The Morgan fingerprint density at radius 1 is 0.923 bits per heavy atom. The summed E-state index contributed by atoms with van der Waals surface area (Å²) in [7, 11) is 0. The van der Waals surface area contributed by atoms with Gasteiger partial charge in [0.2, 0.25) is 0 Å². The van der Waals surface area contributed by atoms with E-state index in [1.54, 1.807) is 0 Å². The van der Waals surface area contributed by atoms with E-state index in [1.807, 2.05) is 30.3 Å². The number of nitrogen functional groups attached to an aromatic ring is 1. The van der Waals surface area contributed by atoms with Crippen LogP contribution in [0.2, 0.25) is 0 Å². The molecule has 0 saturated carbocycles. The summed E-state index contributed by atoms with van der Waals surface area (Å²) in [4.78, 5) is 0. The van der Waals surface area contributed by atoms with Crippen LogP contribution in [0, 0.1) is 0 Å². The van der Waals surface area contributed by atoms with Crippen molar-refractivity contribution in [2.75, 3.05) is 5.73 Å². The number of fused-ring (bicyclic) bond motifs is 1. The molecule has 1 nitrogen and oxygen atoms in total. The number of rotatable bonds is 0. The van der Waals surface area contributed by atoms with Crippen LogP contribution in [-0.4, -0.2) is 0 Å². The van der Waals surface area contributed by atoms with E-state index < -0.39 is 0 Å². The van der Waals surface area contributed by atoms with Gasteiger partial charge in [-0.15, -0.1) is 0 Å². The van der Waals surface area contributed by atoms with Crippen molar-refractivity contribution in [3.05, 3.63) is 39.3 Å². The highest BCUT2D eigenvalue weighted by atomic mass is 79.9. The molecule has 0 atom stereocenters. The molecule has 0 saturated heterocycles. The van der Waals surface area contributed by atoms with Crippen LogP contribution in [0.15, 0.2) is 39.3 Å².